The van der Waals surface area contributed by atoms with E-state index in [2.05, 4.69) is 35.1 Å². The van der Waals surface area contributed by atoms with Gasteiger partial charge in [0.1, 0.15) is 6.10 Å². The summed E-state index contributed by atoms with van der Waals surface area (Å²) in [6.07, 6.45) is 5.01. The highest BCUT2D eigenvalue weighted by Gasteiger charge is 2.55. The number of rotatable bonds is 4. The van der Waals surface area contributed by atoms with Crippen LogP contribution in [0.2, 0.25) is 0 Å². The van der Waals surface area contributed by atoms with Crippen molar-refractivity contribution in [1.82, 2.24) is 10.3 Å². The third kappa shape index (κ3) is 3.60. The van der Waals surface area contributed by atoms with Gasteiger partial charge < -0.3 is 20.2 Å². The average Bonchev–Trinajstić information content (AvgIpc) is 3.21. The second kappa shape index (κ2) is 7.85. The summed E-state index contributed by atoms with van der Waals surface area (Å²) in [4.78, 5) is 26.0. The van der Waals surface area contributed by atoms with Crippen LogP contribution in [0.5, 0.6) is 0 Å². The Hall–Kier alpha value is -2.90. The van der Waals surface area contributed by atoms with Gasteiger partial charge in [0.25, 0.3) is 5.91 Å². The van der Waals surface area contributed by atoms with Crippen molar-refractivity contribution >= 4 is 17.6 Å². The lowest BCUT2D eigenvalue weighted by atomic mass is 9.88. The molecule has 2 saturated heterocycles. The summed E-state index contributed by atoms with van der Waals surface area (Å²) in [7, 11) is 0. The maximum atomic E-state index is 12.6. The fourth-order valence-electron chi connectivity index (χ4n) is 5.95. The van der Waals surface area contributed by atoms with E-state index in [1.54, 1.807) is 0 Å². The van der Waals surface area contributed by atoms with E-state index in [4.69, 9.17) is 4.74 Å². The monoisotopic (exact) mass is 447 g/mol. The Kier molecular flexibility index (Phi) is 4.92. The molecule has 2 aromatic rings. The van der Waals surface area contributed by atoms with Gasteiger partial charge in [-0.1, -0.05) is 36.4 Å². The number of ether oxygens (including phenoxy) is 1. The highest BCUT2D eigenvalue weighted by atomic mass is 16.5. The first-order valence-corrected chi connectivity index (χ1v) is 11.9. The maximum absolute atomic E-state index is 12.6. The van der Waals surface area contributed by atoms with E-state index >= 15 is 0 Å². The molecule has 0 radical (unpaired) electrons. The Bertz CT molecular complexity index is 1090. The van der Waals surface area contributed by atoms with Gasteiger partial charge in [0.15, 0.2) is 6.04 Å². The first kappa shape index (κ1) is 20.7. The molecule has 7 nitrogen and oxygen atoms in total. The minimum atomic E-state index is -0.890. The van der Waals surface area contributed by atoms with Crippen molar-refractivity contribution < 1.29 is 19.4 Å². The molecule has 3 atom stereocenters. The van der Waals surface area contributed by atoms with Gasteiger partial charge in [0.05, 0.1) is 5.69 Å². The van der Waals surface area contributed by atoms with Gasteiger partial charge in [-0.05, 0) is 66.2 Å². The lowest BCUT2D eigenvalue weighted by Gasteiger charge is -2.34. The first-order chi connectivity index (χ1) is 16.0. The molecular formula is C26H29N3O4. The number of aliphatic carboxylic acids is 1. The van der Waals surface area contributed by atoms with Gasteiger partial charge in [-0.15, -0.1) is 0 Å². The predicted octanol–water partition coefficient (Wildman–Crippen LogP) is 3.68. The van der Waals surface area contributed by atoms with E-state index in [0.717, 1.165) is 61.2 Å². The number of nitrogens with zero attached hydrogens (tertiary/aromatic N) is 1. The standard InChI is InChI=1S/C26H29N3O4/c30-24(22-2-1-13-33-22)29-11-9-26(10-12-29)15-20(26)17-5-3-16(4-6-17)18-7-8-19-21(14-18)27-28-23(19)25(31)32/h3-8,14,20,22-23,27-28H,1-2,9-13,15H2,(H,31,32)/t20-,22-,23?/m1/s1. The van der Waals surface area contributed by atoms with Crippen molar-refractivity contribution in [2.75, 3.05) is 25.1 Å². The number of carbonyl (C=O) groups excluding carboxylic acids is 1. The molecule has 3 aliphatic heterocycles. The van der Waals surface area contributed by atoms with Gasteiger partial charge in [-0.25, -0.2) is 5.43 Å². The summed E-state index contributed by atoms with van der Waals surface area (Å²) in [6.45, 7) is 2.41. The van der Waals surface area contributed by atoms with Crippen molar-refractivity contribution in [2.24, 2.45) is 5.41 Å². The molecule has 2 aromatic carbocycles. The highest BCUT2D eigenvalue weighted by Crippen LogP contribution is 2.65. The Labute approximate surface area is 193 Å². The van der Waals surface area contributed by atoms with Gasteiger partial charge in [0.2, 0.25) is 0 Å². The first-order valence-electron chi connectivity index (χ1n) is 11.9. The fraction of sp³-hybridized carbons (Fsp3) is 0.462. The molecule has 1 amide bonds. The molecular weight excluding hydrogens is 418 g/mol. The lowest BCUT2D eigenvalue weighted by Crippen LogP contribution is -2.44. The van der Waals surface area contributed by atoms with Crippen LogP contribution in [0.25, 0.3) is 11.1 Å². The lowest BCUT2D eigenvalue weighted by molar-refractivity contribution is -0.142. The van der Waals surface area contributed by atoms with Crippen LogP contribution in [0.15, 0.2) is 42.5 Å². The zero-order chi connectivity index (χ0) is 22.6. The Morgan fingerprint density at radius 1 is 1.06 bits per heavy atom. The molecule has 7 heteroatoms. The number of amides is 1. The predicted molar refractivity (Wildman–Crippen MR) is 124 cm³/mol. The number of carbonyl (C=O) groups is 2. The Morgan fingerprint density at radius 2 is 1.82 bits per heavy atom. The second-order valence-corrected chi connectivity index (χ2v) is 9.91. The summed E-state index contributed by atoms with van der Waals surface area (Å²) < 4.78 is 5.59. The fourth-order valence-corrected chi connectivity index (χ4v) is 5.95. The minimum absolute atomic E-state index is 0.192. The van der Waals surface area contributed by atoms with Gasteiger partial charge >= 0.3 is 5.97 Å². The third-order valence-electron chi connectivity index (χ3n) is 8.07. The van der Waals surface area contributed by atoms with Crippen molar-refractivity contribution in [3.05, 3.63) is 53.6 Å². The number of likely N-dealkylation sites (tertiary alicyclic amines) is 1. The molecule has 0 aromatic heterocycles. The van der Waals surface area contributed by atoms with Crippen LogP contribution < -0.4 is 10.9 Å². The van der Waals surface area contributed by atoms with E-state index in [0.29, 0.717) is 17.9 Å². The van der Waals surface area contributed by atoms with Crippen molar-refractivity contribution in [3.8, 4) is 11.1 Å². The summed E-state index contributed by atoms with van der Waals surface area (Å²) in [5, 5.41) is 9.30. The number of benzene rings is 2. The molecule has 1 unspecified atom stereocenters. The van der Waals surface area contributed by atoms with Crippen LogP contribution in [0.1, 0.15) is 55.2 Å². The quantitative estimate of drug-likeness (QED) is 0.662. The number of hydrazine groups is 1. The van der Waals surface area contributed by atoms with E-state index < -0.39 is 12.0 Å². The van der Waals surface area contributed by atoms with Crippen LogP contribution in [0, 0.1) is 5.41 Å². The molecule has 172 valence electrons. The summed E-state index contributed by atoms with van der Waals surface area (Å²) >= 11 is 0. The number of hydrogen-bond donors (Lipinski definition) is 3. The van der Waals surface area contributed by atoms with Gasteiger partial charge in [-0.2, -0.15) is 0 Å². The van der Waals surface area contributed by atoms with E-state index in [1.165, 1.54) is 12.0 Å². The smallest absolute Gasteiger partial charge is 0.327 e. The van der Waals surface area contributed by atoms with Crippen LogP contribution in [0.4, 0.5) is 5.69 Å². The van der Waals surface area contributed by atoms with Crippen LogP contribution >= 0.6 is 0 Å². The maximum Gasteiger partial charge on any atom is 0.327 e. The molecule has 1 spiro atoms. The molecule has 3 heterocycles. The molecule has 3 N–H and O–H groups in total. The number of anilines is 1. The highest BCUT2D eigenvalue weighted by molar-refractivity contribution is 5.83. The SMILES string of the molecule is O=C(O)C1NNc2cc(-c3ccc([C@H]4CC45CCN(C(=O)[C@H]4CCCO4)CC5)cc3)ccc21. The number of nitrogens with one attached hydrogen (secondary N) is 2. The summed E-state index contributed by atoms with van der Waals surface area (Å²) in [6, 6.07) is 13.9. The Morgan fingerprint density at radius 3 is 2.52 bits per heavy atom. The Balaban J connectivity index is 1.10. The molecule has 1 saturated carbocycles. The summed E-state index contributed by atoms with van der Waals surface area (Å²) in [5.74, 6) is -0.120. The molecule has 3 fully saturated rings. The molecule has 6 rings (SSSR count). The number of hydrogen-bond acceptors (Lipinski definition) is 5. The van der Waals surface area contributed by atoms with E-state index in [1.807, 2.05) is 23.1 Å². The van der Waals surface area contributed by atoms with E-state index in [9.17, 15) is 14.7 Å². The van der Waals surface area contributed by atoms with Crippen molar-refractivity contribution in [1.29, 1.82) is 0 Å². The number of carboxylic acids is 1. The number of piperidine rings is 1. The topological polar surface area (TPSA) is 90.9 Å². The van der Waals surface area contributed by atoms with E-state index in [-0.39, 0.29) is 12.0 Å². The zero-order valence-electron chi connectivity index (χ0n) is 18.5. The van der Waals surface area contributed by atoms with Crippen LogP contribution in [-0.2, 0) is 14.3 Å². The van der Waals surface area contributed by atoms with Crippen LogP contribution in [0.3, 0.4) is 0 Å². The van der Waals surface area contributed by atoms with Crippen molar-refractivity contribution in [2.45, 2.75) is 50.2 Å². The van der Waals surface area contributed by atoms with Gasteiger partial charge in [0, 0.05) is 25.3 Å². The average molecular weight is 448 g/mol. The van der Waals surface area contributed by atoms with Gasteiger partial charge in [-0.3, -0.25) is 9.59 Å². The largest absolute Gasteiger partial charge is 0.480 e. The zero-order valence-corrected chi connectivity index (χ0v) is 18.5. The number of carboxylic acid groups (broad SMARTS) is 1. The molecule has 0 bridgehead atoms. The van der Waals surface area contributed by atoms with Crippen LogP contribution in [-0.4, -0.2) is 47.7 Å². The molecule has 4 aliphatic rings. The molecule has 33 heavy (non-hydrogen) atoms. The molecule has 1 aliphatic carbocycles. The number of fused-ring (bicyclic) bond motifs is 1. The van der Waals surface area contributed by atoms with Crippen molar-refractivity contribution in [3.63, 3.8) is 0 Å². The normalized spacial score (nSPS) is 27.3. The third-order valence-corrected chi connectivity index (χ3v) is 8.07. The second-order valence-electron chi connectivity index (χ2n) is 9.91. The summed E-state index contributed by atoms with van der Waals surface area (Å²) in [5.41, 5.74) is 11.3. The minimum Gasteiger partial charge on any atom is -0.480 e.